The first-order valence-corrected chi connectivity index (χ1v) is 8.38. The first kappa shape index (κ1) is 17.4. The van der Waals surface area contributed by atoms with Crippen LogP contribution < -0.4 is 5.32 Å². The van der Waals surface area contributed by atoms with Gasteiger partial charge in [-0.1, -0.05) is 11.3 Å². The van der Waals surface area contributed by atoms with E-state index in [1.165, 1.54) is 7.05 Å². The second-order valence-corrected chi connectivity index (χ2v) is 7.58. The van der Waals surface area contributed by atoms with E-state index in [9.17, 15) is 18.5 Å². The van der Waals surface area contributed by atoms with Crippen molar-refractivity contribution in [3.05, 3.63) is 16.2 Å². The Balaban J connectivity index is 3.23. The van der Waals surface area contributed by atoms with Crippen LogP contribution in [0.3, 0.4) is 0 Å². The lowest BCUT2D eigenvalue weighted by Gasteiger charge is -2.21. The van der Waals surface area contributed by atoms with Crippen molar-refractivity contribution in [3.63, 3.8) is 0 Å². The molecule has 1 atom stereocenters. The molecule has 0 aromatic carbocycles. The van der Waals surface area contributed by atoms with Crippen molar-refractivity contribution in [2.45, 2.75) is 30.5 Å². The summed E-state index contributed by atoms with van der Waals surface area (Å²) in [5.74, 6) is 0. The first-order chi connectivity index (χ1) is 9.75. The molecule has 1 rings (SSSR count). The molecule has 1 heterocycles. The minimum absolute atomic E-state index is 0.0449. The lowest BCUT2D eigenvalue weighted by molar-refractivity contribution is -0.383. The molecule has 0 aliphatic heterocycles. The van der Waals surface area contributed by atoms with E-state index in [4.69, 9.17) is 5.26 Å². The summed E-state index contributed by atoms with van der Waals surface area (Å²) >= 11 is 0.818. The van der Waals surface area contributed by atoms with E-state index in [1.54, 1.807) is 13.8 Å². The van der Waals surface area contributed by atoms with Crippen LogP contribution in [0, 0.1) is 21.4 Å². The highest BCUT2D eigenvalue weighted by Crippen LogP contribution is 2.38. The normalized spacial score (nSPS) is 12.9. The van der Waals surface area contributed by atoms with Gasteiger partial charge in [-0.25, -0.2) is 8.42 Å². The van der Waals surface area contributed by atoms with Crippen molar-refractivity contribution in [3.8, 4) is 6.07 Å². The van der Waals surface area contributed by atoms with Crippen LogP contribution in [-0.2, 0) is 10.0 Å². The number of anilines is 1. The number of rotatable bonds is 7. The third-order valence-corrected chi connectivity index (χ3v) is 6.37. The molecule has 0 saturated heterocycles. The predicted octanol–water partition coefficient (Wildman–Crippen LogP) is 2.01. The van der Waals surface area contributed by atoms with Gasteiger partial charge in [0.15, 0.2) is 5.00 Å². The molecule has 0 fully saturated rings. The van der Waals surface area contributed by atoms with Gasteiger partial charge >= 0.3 is 5.69 Å². The average molecular weight is 332 g/mol. The van der Waals surface area contributed by atoms with E-state index >= 15 is 0 Å². The summed E-state index contributed by atoms with van der Waals surface area (Å²) in [5.41, 5.74) is -0.262. The zero-order chi connectivity index (χ0) is 16.2. The summed E-state index contributed by atoms with van der Waals surface area (Å²) in [4.78, 5) is 10.3. The highest BCUT2D eigenvalue weighted by molar-refractivity contribution is 7.91. The minimum Gasteiger partial charge on any atom is -0.372 e. The van der Waals surface area contributed by atoms with Gasteiger partial charge in [0, 0.05) is 25.7 Å². The monoisotopic (exact) mass is 332 g/mol. The summed E-state index contributed by atoms with van der Waals surface area (Å²) in [6, 6.07) is 2.44. The van der Waals surface area contributed by atoms with Crippen molar-refractivity contribution in [2.75, 3.05) is 18.9 Å². The van der Waals surface area contributed by atoms with Crippen LogP contribution in [0.15, 0.2) is 10.3 Å². The fraction of sp³-hybridized carbons (Fsp3) is 0.545. The molecule has 0 spiro atoms. The Morgan fingerprint density at radius 2 is 2.24 bits per heavy atom. The second-order valence-electron chi connectivity index (χ2n) is 4.30. The van der Waals surface area contributed by atoms with Crippen LogP contribution in [-0.4, -0.2) is 37.3 Å². The standard InChI is InChI=1S/C11H16N4O4S2/c1-4-13-11-9(15(16)17)7-10(20-11)21(18,19)14(3)8(2)5-6-12/h7-8,13H,4-5H2,1-3H3. The molecule has 0 radical (unpaired) electrons. The number of nitrogens with one attached hydrogen (secondary N) is 1. The smallest absolute Gasteiger partial charge is 0.304 e. The van der Waals surface area contributed by atoms with Crippen LogP contribution in [0.2, 0.25) is 0 Å². The SMILES string of the molecule is CCNc1sc(S(=O)(=O)N(C)C(C)CC#N)cc1[N+](=O)[O-]. The Morgan fingerprint density at radius 3 is 2.71 bits per heavy atom. The third kappa shape index (κ3) is 3.69. The molecule has 1 aromatic rings. The largest absolute Gasteiger partial charge is 0.372 e. The summed E-state index contributed by atoms with van der Waals surface area (Å²) in [7, 11) is -2.50. The van der Waals surface area contributed by atoms with E-state index in [1.807, 2.05) is 6.07 Å². The van der Waals surface area contributed by atoms with Crippen LogP contribution in [0.25, 0.3) is 0 Å². The number of nitro groups is 1. The van der Waals surface area contributed by atoms with Gasteiger partial charge in [-0.15, -0.1) is 0 Å². The molecular weight excluding hydrogens is 316 g/mol. The Kier molecular flexibility index (Phi) is 5.65. The zero-order valence-electron chi connectivity index (χ0n) is 11.9. The first-order valence-electron chi connectivity index (χ1n) is 6.12. The van der Waals surface area contributed by atoms with Gasteiger partial charge in [0.2, 0.25) is 0 Å². The van der Waals surface area contributed by atoms with Gasteiger partial charge in [0.25, 0.3) is 10.0 Å². The molecule has 0 amide bonds. The molecule has 8 nitrogen and oxygen atoms in total. The lowest BCUT2D eigenvalue weighted by Crippen LogP contribution is -2.34. The molecule has 0 aliphatic rings. The fourth-order valence-electron chi connectivity index (χ4n) is 1.55. The van der Waals surface area contributed by atoms with E-state index < -0.39 is 21.0 Å². The molecule has 1 aromatic heterocycles. The zero-order valence-corrected chi connectivity index (χ0v) is 13.5. The number of sulfonamides is 1. The van der Waals surface area contributed by atoms with Gasteiger partial charge < -0.3 is 5.32 Å². The average Bonchev–Trinajstić information content (AvgIpc) is 2.83. The van der Waals surface area contributed by atoms with Crippen LogP contribution in [0.1, 0.15) is 20.3 Å². The van der Waals surface area contributed by atoms with E-state index in [-0.39, 0.29) is 21.3 Å². The van der Waals surface area contributed by atoms with Crippen molar-refractivity contribution in [1.29, 1.82) is 5.26 Å². The van der Waals surface area contributed by atoms with E-state index in [2.05, 4.69) is 5.32 Å². The maximum Gasteiger partial charge on any atom is 0.304 e. The lowest BCUT2D eigenvalue weighted by atomic mass is 10.3. The van der Waals surface area contributed by atoms with Crippen molar-refractivity contribution in [1.82, 2.24) is 4.31 Å². The molecule has 1 N–H and O–H groups in total. The number of hydrogen-bond acceptors (Lipinski definition) is 7. The quantitative estimate of drug-likeness (QED) is 0.603. The number of hydrogen-bond donors (Lipinski definition) is 1. The van der Waals surface area contributed by atoms with Crippen LogP contribution in [0.4, 0.5) is 10.7 Å². The van der Waals surface area contributed by atoms with Crippen LogP contribution >= 0.6 is 11.3 Å². The Morgan fingerprint density at radius 1 is 1.62 bits per heavy atom. The van der Waals surface area contributed by atoms with Gasteiger partial charge in [-0.2, -0.15) is 9.57 Å². The van der Waals surface area contributed by atoms with E-state index in [0.29, 0.717) is 6.54 Å². The molecule has 1 unspecified atom stereocenters. The summed E-state index contributed by atoms with van der Waals surface area (Å²) in [6.07, 6.45) is 0.0449. The van der Waals surface area contributed by atoms with Crippen molar-refractivity contribution in [2.24, 2.45) is 0 Å². The Bertz CT molecular complexity index is 662. The molecule has 116 valence electrons. The summed E-state index contributed by atoms with van der Waals surface area (Å²) in [6.45, 7) is 3.81. The maximum atomic E-state index is 12.4. The Hall–Kier alpha value is -1.70. The molecule has 0 bridgehead atoms. The molecule has 21 heavy (non-hydrogen) atoms. The summed E-state index contributed by atoms with van der Waals surface area (Å²) in [5, 5.41) is 22.6. The minimum atomic E-state index is -3.86. The second kappa shape index (κ2) is 6.84. The highest BCUT2D eigenvalue weighted by Gasteiger charge is 2.31. The van der Waals surface area contributed by atoms with Gasteiger partial charge in [0.1, 0.15) is 4.21 Å². The third-order valence-electron chi connectivity index (χ3n) is 2.86. The number of nitrogens with zero attached hydrogens (tertiary/aromatic N) is 3. The Labute approximate surface area is 127 Å². The van der Waals surface area contributed by atoms with E-state index in [0.717, 1.165) is 21.7 Å². The predicted molar refractivity (Wildman–Crippen MR) is 79.8 cm³/mol. The van der Waals surface area contributed by atoms with Gasteiger partial charge in [-0.3, -0.25) is 10.1 Å². The van der Waals surface area contributed by atoms with Crippen molar-refractivity contribution >= 4 is 32.0 Å². The molecule has 0 saturated carbocycles. The number of nitriles is 1. The maximum absolute atomic E-state index is 12.4. The van der Waals surface area contributed by atoms with Crippen LogP contribution in [0.5, 0.6) is 0 Å². The van der Waals surface area contributed by atoms with Crippen molar-refractivity contribution < 1.29 is 13.3 Å². The van der Waals surface area contributed by atoms with Gasteiger partial charge in [0.05, 0.1) is 17.4 Å². The molecule has 10 heteroatoms. The molecule has 0 aliphatic carbocycles. The number of thiophene rings is 1. The topological polar surface area (TPSA) is 116 Å². The van der Waals surface area contributed by atoms with Gasteiger partial charge in [-0.05, 0) is 13.8 Å². The highest BCUT2D eigenvalue weighted by atomic mass is 32.2. The molecular formula is C11H16N4O4S2. The summed E-state index contributed by atoms with van der Waals surface area (Å²) < 4.78 is 25.8. The fourth-order valence-corrected chi connectivity index (χ4v) is 4.49.